The van der Waals surface area contributed by atoms with E-state index in [-0.39, 0.29) is 0 Å². The van der Waals surface area contributed by atoms with Crippen LogP contribution >= 0.6 is 0 Å². The van der Waals surface area contributed by atoms with Crippen LogP contribution in [0.25, 0.3) is 21.7 Å². The number of pyridine rings is 1. The van der Waals surface area contributed by atoms with Gasteiger partial charge < -0.3 is 5.73 Å². The molecule has 1 amide bonds. The molecule has 0 saturated heterocycles. The summed E-state index contributed by atoms with van der Waals surface area (Å²) in [6, 6.07) is 9.74. The lowest BCUT2D eigenvalue weighted by molar-refractivity contribution is 0.1000. The van der Waals surface area contributed by atoms with Crippen molar-refractivity contribution >= 4 is 39.5 Å². The van der Waals surface area contributed by atoms with E-state index >= 15 is 0 Å². The molecule has 1 aliphatic rings. The number of primary amides is 1. The number of carbonyl (C=O) groups is 1. The Hall–Kier alpha value is -2.75. The van der Waals surface area contributed by atoms with Crippen molar-refractivity contribution in [2.45, 2.75) is 0 Å². The van der Waals surface area contributed by atoms with Crippen LogP contribution in [0.5, 0.6) is 0 Å². The first-order chi connectivity index (χ1) is 9.24. The summed E-state index contributed by atoms with van der Waals surface area (Å²) in [5.41, 5.74) is 8.61. The fourth-order valence-corrected chi connectivity index (χ4v) is 2.58. The van der Waals surface area contributed by atoms with E-state index in [1.54, 1.807) is 6.07 Å². The molecular weight excluding hydrogens is 238 g/mol. The summed E-state index contributed by atoms with van der Waals surface area (Å²) in [5, 5.41) is 3.10. The maximum absolute atomic E-state index is 11.3. The third kappa shape index (κ3) is 1.31. The molecular formula is C15H9N3O. The standard InChI is InChI=1S/C15H9N3O/c16-15(19)9-4-11-10-2-1-3-12-14(10)8(6-17-12)5-13(11)18-7-9/h1-7H,(H2,16,19). The molecule has 3 aromatic rings. The van der Waals surface area contributed by atoms with Gasteiger partial charge in [-0.15, -0.1) is 0 Å². The van der Waals surface area contributed by atoms with Gasteiger partial charge in [-0.3, -0.25) is 14.8 Å². The number of fused-ring (bicyclic) bond motifs is 2. The van der Waals surface area contributed by atoms with Crippen LogP contribution in [0, 0.1) is 0 Å². The number of amides is 1. The molecule has 0 saturated carbocycles. The molecule has 4 heteroatoms. The lowest BCUT2D eigenvalue weighted by atomic mass is 9.99. The molecule has 2 N–H and O–H groups in total. The first kappa shape index (κ1) is 10.2. The molecule has 19 heavy (non-hydrogen) atoms. The molecule has 0 atom stereocenters. The molecule has 0 aliphatic carbocycles. The normalized spacial score (nSPS) is 12.4. The molecule has 2 aromatic carbocycles. The van der Waals surface area contributed by atoms with Gasteiger partial charge in [-0.2, -0.15) is 0 Å². The fraction of sp³-hybridized carbons (Fsp3) is 0. The highest BCUT2D eigenvalue weighted by Crippen LogP contribution is 2.37. The number of nitrogens with two attached hydrogens (primary N) is 1. The molecule has 2 heterocycles. The van der Waals surface area contributed by atoms with Gasteiger partial charge in [-0.05, 0) is 23.6 Å². The summed E-state index contributed by atoms with van der Waals surface area (Å²) < 4.78 is 0. The minimum atomic E-state index is -0.464. The van der Waals surface area contributed by atoms with Crippen LogP contribution < -0.4 is 5.73 Å². The van der Waals surface area contributed by atoms with E-state index in [0.717, 1.165) is 32.9 Å². The fourth-order valence-electron chi connectivity index (χ4n) is 2.58. The minimum absolute atomic E-state index is 0.423. The smallest absolute Gasteiger partial charge is 0.250 e. The Morgan fingerprint density at radius 1 is 1.16 bits per heavy atom. The summed E-state index contributed by atoms with van der Waals surface area (Å²) in [7, 11) is 0. The molecule has 1 aromatic heterocycles. The van der Waals surface area contributed by atoms with Crippen LogP contribution in [0.1, 0.15) is 15.9 Å². The summed E-state index contributed by atoms with van der Waals surface area (Å²) in [4.78, 5) is 20.0. The number of hydrogen-bond donors (Lipinski definition) is 1. The maximum Gasteiger partial charge on any atom is 0.250 e. The zero-order valence-corrected chi connectivity index (χ0v) is 9.92. The van der Waals surface area contributed by atoms with Crippen molar-refractivity contribution in [3.63, 3.8) is 0 Å². The summed E-state index contributed by atoms with van der Waals surface area (Å²) in [6.45, 7) is 0. The predicted molar refractivity (Wildman–Crippen MR) is 75.0 cm³/mol. The van der Waals surface area contributed by atoms with Gasteiger partial charge in [-0.1, -0.05) is 12.1 Å². The molecule has 1 aliphatic heterocycles. The largest absolute Gasteiger partial charge is 0.366 e. The van der Waals surface area contributed by atoms with Crippen LogP contribution in [0.2, 0.25) is 0 Å². The first-order valence-electron chi connectivity index (χ1n) is 5.93. The Labute approximate surface area is 108 Å². The predicted octanol–water partition coefficient (Wildman–Crippen LogP) is 2.55. The average molecular weight is 247 g/mol. The number of aliphatic imine (C=N–C) groups is 1. The van der Waals surface area contributed by atoms with Gasteiger partial charge in [0.1, 0.15) is 0 Å². The topological polar surface area (TPSA) is 68.3 Å². The minimum Gasteiger partial charge on any atom is -0.366 e. The number of hydrogen-bond acceptors (Lipinski definition) is 3. The molecule has 0 bridgehead atoms. The highest BCUT2D eigenvalue weighted by Gasteiger charge is 2.14. The Morgan fingerprint density at radius 2 is 2.05 bits per heavy atom. The average Bonchev–Trinajstić information content (AvgIpc) is 2.83. The van der Waals surface area contributed by atoms with E-state index < -0.39 is 5.91 Å². The van der Waals surface area contributed by atoms with E-state index in [2.05, 4.69) is 9.98 Å². The van der Waals surface area contributed by atoms with Crippen molar-refractivity contribution in [2.24, 2.45) is 10.7 Å². The molecule has 0 spiro atoms. The van der Waals surface area contributed by atoms with Gasteiger partial charge in [0.2, 0.25) is 5.91 Å². The molecule has 4 nitrogen and oxygen atoms in total. The molecule has 90 valence electrons. The van der Waals surface area contributed by atoms with E-state index in [1.807, 2.05) is 30.5 Å². The highest BCUT2D eigenvalue weighted by atomic mass is 16.1. The zero-order chi connectivity index (χ0) is 13.0. The van der Waals surface area contributed by atoms with Crippen molar-refractivity contribution in [1.82, 2.24) is 4.98 Å². The highest BCUT2D eigenvalue weighted by molar-refractivity contribution is 6.20. The van der Waals surface area contributed by atoms with Gasteiger partial charge in [-0.25, -0.2) is 0 Å². The SMILES string of the molecule is NC(=O)c1cnc2cc3c4c(cccc4c2c1)N=C3. The Bertz CT molecular complexity index is 897. The van der Waals surface area contributed by atoms with Crippen molar-refractivity contribution in [3.8, 4) is 0 Å². The quantitative estimate of drug-likeness (QED) is 0.525. The second-order valence-electron chi connectivity index (χ2n) is 4.58. The number of benzene rings is 2. The van der Waals surface area contributed by atoms with E-state index in [9.17, 15) is 4.79 Å². The third-order valence-corrected chi connectivity index (χ3v) is 3.46. The van der Waals surface area contributed by atoms with Crippen LogP contribution in [-0.4, -0.2) is 17.1 Å². The van der Waals surface area contributed by atoms with Crippen LogP contribution in [0.3, 0.4) is 0 Å². The van der Waals surface area contributed by atoms with Gasteiger partial charge in [0.15, 0.2) is 0 Å². The third-order valence-electron chi connectivity index (χ3n) is 3.46. The molecule has 0 unspecified atom stereocenters. The number of aromatic nitrogens is 1. The van der Waals surface area contributed by atoms with E-state index in [4.69, 9.17) is 5.73 Å². The molecule has 0 fully saturated rings. The van der Waals surface area contributed by atoms with E-state index in [1.165, 1.54) is 6.20 Å². The Kier molecular flexibility index (Phi) is 1.82. The van der Waals surface area contributed by atoms with Crippen molar-refractivity contribution in [1.29, 1.82) is 0 Å². The van der Waals surface area contributed by atoms with Crippen LogP contribution in [0.15, 0.2) is 41.5 Å². The van der Waals surface area contributed by atoms with Crippen molar-refractivity contribution in [3.05, 3.63) is 47.7 Å². The van der Waals surface area contributed by atoms with Crippen LogP contribution in [0.4, 0.5) is 5.69 Å². The Morgan fingerprint density at radius 3 is 2.89 bits per heavy atom. The van der Waals surface area contributed by atoms with Crippen molar-refractivity contribution < 1.29 is 4.79 Å². The number of carbonyl (C=O) groups excluding carboxylic acids is 1. The first-order valence-corrected chi connectivity index (χ1v) is 5.93. The summed E-state index contributed by atoms with van der Waals surface area (Å²) >= 11 is 0. The maximum atomic E-state index is 11.3. The number of nitrogens with zero attached hydrogens (tertiary/aromatic N) is 2. The van der Waals surface area contributed by atoms with Crippen molar-refractivity contribution in [2.75, 3.05) is 0 Å². The summed E-state index contributed by atoms with van der Waals surface area (Å²) in [5.74, 6) is -0.464. The monoisotopic (exact) mass is 247 g/mol. The van der Waals surface area contributed by atoms with Gasteiger partial charge in [0.25, 0.3) is 0 Å². The zero-order valence-electron chi connectivity index (χ0n) is 9.92. The lowest BCUT2D eigenvalue weighted by Crippen LogP contribution is -2.11. The summed E-state index contributed by atoms with van der Waals surface area (Å²) in [6.07, 6.45) is 3.36. The van der Waals surface area contributed by atoms with Gasteiger partial charge in [0.05, 0.1) is 16.8 Å². The molecule has 0 radical (unpaired) electrons. The second kappa shape index (κ2) is 3.38. The van der Waals surface area contributed by atoms with E-state index in [0.29, 0.717) is 5.56 Å². The lowest BCUT2D eigenvalue weighted by Gasteiger charge is -2.06. The van der Waals surface area contributed by atoms with Gasteiger partial charge in [0, 0.05) is 28.7 Å². The second-order valence-corrected chi connectivity index (χ2v) is 4.58. The number of rotatable bonds is 1. The molecule has 4 rings (SSSR count). The van der Waals surface area contributed by atoms with Crippen LogP contribution in [-0.2, 0) is 0 Å². The van der Waals surface area contributed by atoms with Gasteiger partial charge >= 0.3 is 0 Å². The Balaban J connectivity index is 2.23.